The lowest BCUT2D eigenvalue weighted by molar-refractivity contribution is -0.137. The van der Waals surface area contributed by atoms with Crippen molar-refractivity contribution >= 4 is 39.0 Å². The quantitative estimate of drug-likeness (QED) is 0.181. The summed E-state index contributed by atoms with van der Waals surface area (Å²) in [5, 5.41) is 4.71. The second-order valence-corrected chi connectivity index (χ2v) is 6.18. The number of anilines is 3. The molecule has 1 heterocycles. The molecule has 0 atom stereocenters. The van der Waals surface area contributed by atoms with Crippen molar-refractivity contribution in [3.05, 3.63) is 50.5 Å². The summed E-state index contributed by atoms with van der Waals surface area (Å²) in [5.74, 6) is -4.40. The number of aromatic nitrogens is 1. The van der Waals surface area contributed by atoms with E-state index in [4.69, 9.17) is 5.73 Å². The lowest BCUT2D eigenvalue weighted by Gasteiger charge is -2.16. The van der Waals surface area contributed by atoms with Gasteiger partial charge in [-0.1, -0.05) is 5.18 Å². The minimum atomic E-state index is -4.71. The molecule has 0 radical (unpaired) electrons. The number of nitrogens with two attached hydrogens (primary N) is 1. The molecule has 4 N–H and O–H groups in total. The number of amides is 1. The molecule has 0 aliphatic rings. The van der Waals surface area contributed by atoms with Gasteiger partial charge in [0.1, 0.15) is 6.54 Å². The fourth-order valence-corrected chi connectivity index (χ4v) is 2.41. The van der Waals surface area contributed by atoms with Crippen LogP contribution in [0.4, 0.5) is 39.1 Å². The Labute approximate surface area is 167 Å². The first-order valence-corrected chi connectivity index (χ1v) is 8.34. The van der Waals surface area contributed by atoms with E-state index in [1.807, 2.05) is 5.48 Å². The normalized spacial score (nSPS) is 11.2. The number of carbonyl (C=O) groups excluding carboxylic acids is 1. The van der Waals surface area contributed by atoms with Crippen LogP contribution in [0.2, 0.25) is 0 Å². The summed E-state index contributed by atoms with van der Waals surface area (Å²) in [5.41, 5.74) is 4.48. The Morgan fingerprint density at radius 3 is 2.55 bits per heavy atom. The molecule has 0 fully saturated rings. The fourth-order valence-electron chi connectivity index (χ4n) is 2.01. The van der Waals surface area contributed by atoms with Gasteiger partial charge in [0.05, 0.1) is 33.6 Å². The molecule has 0 unspecified atom stereocenters. The highest BCUT2D eigenvalue weighted by Crippen LogP contribution is 2.35. The average molecular weight is 484 g/mol. The van der Waals surface area contributed by atoms with E-state index in [0.29, 0.717) is 12.3 Å². The molecule has 29 heavy (non-hydrogen) atoms. The van der Waals surface area contributed by atoms with Gasteiger partial charge in [0.2, 0.25) is 0 Å². The van der Waals surface area contributed by atoms with Gasteiger partial charge in [-0.3, -0.25) is 9.63 Å². The van der Waals surface area contributed by atoms with E-state index >= 15 is 0 Å². The number of hydroxylamine groups is 1. The summed E-state index contributed by atoms with van der Waals surface area (Å²) in [7, 11) is 0. The van der Waals surface area contributed by atoms with Crippen LogP contribution in [0.1, 0.15) is 15.9 Å². The first-order chi connectivity index (χ1) is 13.6. The third-order valence-corrected chi connectivity index (χ3v) is 3.92. The van der Waals surface area contributed by atoms with E-state index in [9.17, 15) is 31.7 Å². The number of hydrogen-bond donors (Lipinski definition) is 3. The van der Waals surface area contributed by atoms with Gasteiger partial charge >= 0.3 is 6.18 Å². The van der Waals surface area contributed by atoms with E-state index in [-0.39, 0.29) is 13.2 Å². The Balaban J connectivity index is 2.40. The van der Waals surface area contributed by atoms with Crippen LogP contribution in [0.3, 0.4) is 0 Å². The third kappa shape index (κ3) is 5.35. The molecule has 2 rings (SSSR count). The van der Waals surface area contributed by atoms with Crippen molar-refractivity contribution < 1.29 is 31.6 Å². The number of carbonyl (C=O) groups is 1. The molecule has 8 nitrogen and oxygen atoms in total. The van der Waals surface area contributed by atoms with Crippen LogP contribution in [0.25, 0.3) is 0 Å². The van der Waals surface area contributed by atoms with Crippen LogP contribution in [0.5, 0.6) is 0 Å². The minimum Gasteiger partial charge on any atom is -0.396 e. The van der Waals surface area contributed by atoms with Crippen LogP contribution in [0.15, 0.2) is 28.0 Å². The lowest BCUT2D eigenvalue weighted by atomic mass is 10.1. The zero-order valence-electron chi connectivity index (χ0n) is 14.1. The van der Waals surface area contributed by atoms with E-state index in [1.54, 1.807) is 0 Å². The molecular formula is C15H11BrF5N5O3. The van der Waals surface area contributed by atoms with E-state index in [1.165, 1.54) is 0 Å². The van der Waals surface area contributed by atoms with Gasteiger partial charge in [-0.15, -0.1) is 0 Å². The standard InChI is InChI=1S/C15H11BrF5N5O3/c16-8-4-7(14(27)26-29-2-1-24-28)12(11(18)10(8)17)25-13-9(22)3-6(5-23-13)15(19,20)21/h3-5H,1-2,22H2,(H,23,25)(H,26,27). The molecular weight excluding hydrogens is 473 g/mol. The predicted octanol–water partition coefficient (Wildman–Crippen LogP) is 3.89. The Morgan fingerprint density at radius 1 is 1.28 bits per heavy atom. The first-order valence-electron chi connectivity index (χ1n) is 7.54. The number of hydrogen-bond acceptors (Lipinski definition) is 7. The number of halogens is 6. The predicted molar refractivity (Wildman–Crippen MR) is 95.1 cm³/mol. The van der Waals surface area contributed by atoms with Crippen molar-refractivity contribution in [2.45, 2.75) is 6.18 Å². The molecule has 156 valence electrons. The second-order valence-electron chi connectivity index (χ2n) is 5.33. The Hall–Kier alpha value is -2.87. The Kier molecular flexibility index (Phi) is 7.02. The number of pyridine rings is 1. The molecule has 0 saturated heterocycles. The smallest absolute Gasteiger partial charge is 0.396 e. The molecule has 0 bridgehead atoms. The molecule has 0 aliphatic heterocycles. The maximum Gasteiger partial charge on any atom is 0.417 e. The number of rotatable bonds is 7. The van der Waals surface area contributed by atoms with Gasteiger partial charge < -0.3 is 11.1 Å². The number of nitrogen functional groups attached to an aromatic ring is 1. The summed E-state index contributed by atoms with van der Waals surface area (Å²) >= 11 is 2.74. The topological polar surface area (TPSA) is 119 Å². The van der Waals surface area contributed by atoms with Crippen molar-refractivity contribution in [1.29, 1.82) is 0 Å². The monoisotopic (exact) mass is 483 g/mol. The average Bonchev–Trinajstić information content (AvgIpc) is 2.65. The number of benzene rings is 1. The van der Waals surface area contributed by atoms with Crippen LogP contribution < -0.4 is 16.5 Å². The molecule has 0 saturated carbocycles. The van der Waals surface area contributed by atoms with E-state index in [0.717, 1.165) is 6.07 Å². The van der Waals surface area contributed by atoms with Gasteiger partial charge in [0.15, 0.2) is 17.5 Å². The Morgan fingerprint density at radius 2 is 1.97 bits per heavy atom. The zero-order chi connectivity index (χ0) is 21.8. The van der Waals surface area contributed by atoms with Gasteiger partial charge in [-0.05, 0) is 28.1 Å². The number of nitrogens with zero attached hydrogens (tertiary/aromatic N) is 2. The Bertz CT molecular complexity index is 942. The first kappa shape index (κ1) is 22.4. The molecule has 1 amide bonds. The van der Waals surface area contributed by atoms with E-state index < -0.39 is 56.5 Å². The van der Waals surface area contributed by atoms with Crippen LogP contribution in [0, 0.1) is 16.5 Å². The van der Waals surface area contributed by atoms with Crippen molar-refractivity contribution in [1.82, 2.24) is 10.5 Å². The number of alkyl halides is 3. The highest BCUT2D eigenvalue weighted by Gasteiger charge is 2.32. The molecule has 14 heteroatoms. The van der Waals surface area contributed by atoms with Crippen LogP contribution in [-0.2, 0) is 11.0 Å². The van der Waals surface area contributed by atoms with Gasteiger partial charge in [0.25, 0.3) is 5.91 Å². The highest BCUT2D eigenvalue weighted by atomic mass is 79.9. The summed E-state index contributed by atoms with van der Waals surface area (Å²) < 4.78 is 66.1. The highest BCUT2D eigenvalue weighted by molar-refractivity contribution is 9.10. The number of nitrogens with one attached hydrogen (secondary N) is 2. The SMILES string of the molecule is Nc1cc(C(F)(F)F)cnc1Nc1c(C(=O)NOCCN=O)cc(Br)c(F)c1F. The van der Waals surface area contributed by atoms with E-state index in [2.05, 4.69) is 36.2 Å². The molecule has 0 aliphatic carbocycles. The van der Waals surface area contributed by atoms with Crippen LogP contribution in [-0.4, -0.2) is 24.0 Å². The summed E-state index contributed by atoms with van der Waals surface area (Å²) in [4.78, 5) is 30.3. The largest absolute Gasteiger partial charge is 0.417 e. The zero-order valence-corrected chi connectivity index (χ0v) is 15.7. The summed E-state index contributed by atoms with van der Waals surface area (Å²) in [6.07, 6.45) is -4.28. The minimum absolute atomic E-state index is 0.279. The van der Waals surface area contributed by atoms with Crippen molar-refractivity contribution in [2.75, 3.05) is 24.2 Å². The van der Waals surface area contributed by atoms with Crippen molar-refractivity contribution in [3.63, 3.8) is 0 Å². The summed E-state index contributed by atoms with van der Waals surface area (Å²) in [6.45, 7) is -0.560. The second kappa shape index (κ2) is 9.09. The molecule has 0 spiro atoms. The fraction of sp³-hybridized carbons (Fsp3) is 0.200. The van der Waals surface area contributed by atoms with Gasteiger partial charge in [-0.25, -0.2) is 19.2 Å². The summed E-state index contributed by atoms with van der Waals surface area (Å²) in [6, 6.07) is 1.44. The molecule has 1 aromatic heterocycles. The molecule has 2 aromatic rings. The maximum absolute atomic E-state index is 14.4. The van der Waals surface area contributed by atoms with Crippen LogP contribution >= 0.6 is 15.9 Å². The van der Waals surface area contributed by atoms with Crippen molar-refractivity contribution in [2.24, 2.45) is 5.18 Å². The number of nitroso groups, excluding NO2 is 1. The maximum atomic E-state index is 14.4. The third-order valence-electron chi connectivity index (χ3n) is 3.34. The van der Waals surface area contributed by atoms with Crippen molar-refractivity contribution in [3.8, 4) is 0 Å². The molecule has 1 aromatic carbocycles. The van der Waals surface area contributed by atoms with Gasteiger partial charge in [-0.2, -0.15) is 18.1 Å². The van der Waals surface area contributed by atoms with Gasteiger partial charge in [0, 0.05) is 6.20 Å². The lowest BCUT2D eigenvalue weighted by Crippen LogP contribution is -2.26.